The summed E-state index contributed by atoms with van der Waals surface area (Å²) in [5.41, 5.74) is 1.73. The second kappa shape index (κ2) is 10.3. The fraction of sp³-hybridized carbons (Fsp3) is 0.261. The van der Waals surface area contributed by atoms with Gasteiger partial charge in [0.25, 0.3) is 5.91 Å². The second-order valence-corrected chi connectivity index (χ2v) is 6.58. The highest BCUT2D eigenvalue weighted by atomic mass is 16.5. The van der Waals surface area contributed by atoms with Crippen molar-refractivity contribution in [3.8, 4) is 5.75 Å². The van der Waals surface area contributed by atoms with Crippen LogP contribution in [0.1, 0.15) is 12.5 Å². The number of ether oxygens (including phenoxy) is 3. The predicted octanol–water partition coefficient (Wildman–Crippen LogP) is 3.12. The van der Waals surface area contributed by atoms with Crippen molar-refractivity contribution in [2.45, 2.75) is 13.3 Å². The third-order valence-corrected chi connectivity index (χ3v) is 4.52. The van der Waals surface area contributed by atoms with Crippen LogP contribution >= 0.6 is 0 Å². The summed E-state index contributed by atoms with van der Waals surface area (Å²) < 4.78 is 20.7. The maximum atomic E-state index is 12.7. The molecule has 8 nitrogen and oxygen atoms in total. The molecule has 3 rings (SSSR count). The Labute approximate surface area is 179 Å². The number of hydrogen-bond acceptors (Lipinski definition) is 7. The molecule has 31 heavy (non-hydrogen) atoms. The molecular formula is C23H23NO7. The summed E-state index contributed by atoms with van der Waals surface area (Å²) >= 11 is 0. The molecule has 0 aliphatic carbocycles. The van der Waals surface area contributed by atoms with Crippen LogP contribution in [0.25, 0.3) is 11.0 Å². The van der Waals surface area contributed by atoms with Crippen LogP contribution < -0.4 is 9.64 Å². The van der Waals surface area contributed by atoms with Gasteiger partial charge in [-0.2, -0.15) is 0 Å². The number of rotatable bonds is 9. The number of benzene rings is 2. The zero-order valence-electron chi connectivity index (χ0n) is 17.3. The zero-order valence-corrected chi connectivity index (χ0v) is 17.3. The molecule has 162 valence electrons. The molecule has 2 aromatic carbocycles. The number of anilines is 1. The van der Waals surface area contributed by atoms with Gasteiger partial charge in [-0.15, -0.1) is 0 Å². The van der Waals surface area contributed by atoms with Crippen LogP contribution in [0.3, 0.4) is 0 Å². The minimum atomic E-state index is -0.587. The summed E-state index contributed by atoms with van der Waals surface area (Å²) in [6, 6.07) is 13.9. The second-order valence-electron chi connectivity index (χ2n) is 6.58. The van der Waals surface area contributed by atoms with Crippen LogP contribution in [0.4, 0.5) is 5.69 Å². The van der Waals surface area contributed by atoms with Crippen molar-refractivity contribution >= 4 is 34.5 Å². The number of amides is 1. The minimum Gasteiger partial charge on any atom is -0.497 e. The Hall–Kier alpha value is -3.81. The summed E-state index contributed by atoms with van der Waals surface area (Å²) in [5, 5.41) is 0.761. The lowest BCUT2D eigenvalue weighted by Gasteiger charge is -2.21. The Bertz CT molecular complexity index is 1060. The van der Waals surface area contributed by atoms with E-state index in [9.17, 15) is 14.4 Å². The van der Waals surface area contributed by atoms with Gasteiger partial charge in [-0.1, -0.05) is 18.2 Å². The van der Waals surface area contributed by atoms with Crippen molar-refractivity contribution in [2.75, 3.05) is 31.8 Å². The quantitative estimate of drug-likeness (QED) is 0.486. The minimum absolute atomic E-state index is 0.0597. The molecule has 0 aliphatic rings. The molecule has 8 heteroatoms. The van der Waals surface area contributed by atoms with Crippen molar-refractivity contribution in [3.05, 3.63) is 60.4 Å². The average Bonchev–Trinajstić information content (AvgIpc) is 3.18. The summed E-state index contributed by atoms with van der Waals surface area (Å²) in [7, 11) is 1.56. The molecular weight excluding hydrogens is 402 g/mol. The Morgan fingerprint density at radius 2 is 1.77 bits per heavy atom. The van der Waals surface area contributed by atoms with E-state index < -0.39 is 24.5 Å². The van der Waals surface area contributed by atoms with Crippen molar-refractivity contribution < 1.29 is 33.0 Å². The summed E-state index contributed by atoms with van der Waals surface area (Å²) in [6.45, 7) is 1.11. The van der Waals surface area contributed by atoms with E-state index in [0.29, 0.717) is 22.6 Å². The van der Waals surface area contributed by atoms with Gasteiger partial charge in [0.15, 0.2) is 6.61 Å². The van der Waals surface area contributed by atoms with Gasteiger partial charge < -0.3 is 18.6 Å². The lowest BCUT2D eigenvalue weighted by molar-refractivity contribution is -0.147. The molecule has 0 bridgehead atoms. The van der Waals surface area contributed by atoms with Gasteiger partial charge in [0.1, 0.15) is 17.9 Å². The summed E-state index contributed by atoms with van der Waals surface area (Å²) in [6.07, 6.45) is 1.42. The van der Waals surface area contributed by atoms with Crippen molar-refractivity contribution in [2.24, 2.45) is 0 Å². The lowest BCUT2D eigenvalue weighted by atomic mass is 10.1. The summed E-state index contributed by atoms with van der Waals surface area (Å²) in [5.74, 6) is -1.03. The molecule has 0 aliphatic heterocycles. The van der Waals surface area contributed by atoms with Crippen LogP contribution in [-0.2, 0) is 30.3 Å². The van der Waals surface area contributed by atoms with E-state index in [1.165, 1.54) is 11.2 Å². The van der Waals surface area contributed by atoms with Gasteiger partial charge in [0.2, 0.25) is 0 Å². The number of para-hydroxylation sites is 1. The molecule has 0 radical (unpaired) electrons. The molecule has 0 atom stereocenters. The number of methoxy groups -OCH3 is 1. The van der Waals surface area contributed by atoms with Crippen LogP contribution in [0.15, 0.2) is 59.2 Å². The highest BCUT2D eigenvalue weighted by molar-refractivity contribution is 5.99. The number of esters is 2. The van der Waals surface area contributed by atoms with E-state index in [-0.39, 0.29) is 19.6 Å². The molecule has 0 fully saturated rings. The Morgan fingerprint density at radius 3 is 2.48 bits per heavy atom. The standard InChI is InChI=1S/C23H23NO7/c1-3-29-23(27)13-24(17-7-5-4-6-8-17)21(25)15-31-22(26)11-16-14-30-20-12-18(28-2)9-10-19(16)20/h4-10,12,14H,3,11,13,15H2,1-2H3. The number of furan rings is 1. The fourth-order valence-electron chi connectivity index (χ4n) is 3.02. The number of fused-ring (bicyclic) bond motifs is 1. The first-order valence-electron chi connectivity index (χ1n) is 9.72. The van der Waals surface area contributed by atoms with Crippen LogP contribution in [-0.4, -0.2) is 44.7 Å². The zero-order chi connectivity index (χ0) is 22.2. The van der Waals surface area contributed by atoms with E-state index in [1.807, 2.05) is 0 Å². The Balaban J connectivity index is 1.63. The average molecular weight is 425 g/mol. The van der Waals surface area contributed by atoms with Gasteiger partial charge in [0.05, 0.1) is 26.4 Å². The summed E-state index contributed by atoms with van der Waals surface area (Å²) in [4.78, 5) is 38.1. The Kier molecular flexibility index (Phi) is 7.26. The van der Waals surface area contributed by atoms with E-state index in [1.54, 1.807) is 62.6 Å². The number of carbonyl (C=O) groups excluding carboxylic acids is 3. The third-order valence-electron chi connectivity index (χ3n) is 4.52. The van der Waals surface area contributed by atoms with Crippen LogP contribution in [0.2, 0.25) is 0 Å². The smallest absolute Gasteiger partial charge is 0.326 e. The van der Waals surface area contributed by atoms with Crippen LogP contribution in [0, 0.1) is 0 Å². The van der Waals surface area contributed by atoms with Gasteiger partial charge in [-0.05, 0) is 31.2 Å². The van der Waals surface area contributed by atoms with Gasteiger partial charge in [-0.25, -0.2) is 0 Å². The third kappa shape index (κ3) is 5.63. The van der Waals surface area contributed by atoms with E-state index >= 15 is 0 Å². The molecule has 0 saturated heterocycles. The highest BCUT2D eigenvalue weighted by Gasteiger charge is 2.21. The highest BCUT2D eigenvalue weighted by Crippen LogP contribution is 2.26. The molecule has 0 spiro atoms. The van der Waals surface area contributed by atoms with Gasteiger partial charge in [0, 0.05) is 22.7 Å². The molecule has 1 heterocycles. The normalized spacial score (nSPS) is 10.5. The SMILES string of the molecule is CCOC(=O)CN(C(=O)COC(=O)Cc1coc2cc(OC)ccc12)c1ccccc1. The molecule has 1 aromatic heterocycles. The maximum absolute atomic E-state index is 12.7. The topological polar surface area (TPSA) is 95.3 Å². The monoisotopic (exact) mass is 425 g/mol. The largest absolute Gasteiger partial charge is 0.497 e. The first-order chi connectivity index (χ1) is 15.0. The molecule has 0 N–H and O–H groups in total. The first kappa shape index (κ1) is 21.9. The van der Waals surface area contributed by atoms with Crippen molar-refractivity contribution in [1.29, 1.82) is 0 Å². The van der Waals surface area contributed by atoms with Crippen molar-refractivity contribution in [3.63, 3.8) is 0 Å². The number of hydrogen-bond donors (Lipinski definition) is 0. The molecule has 3 aromatic rings. The molecule has 1 amide bonds. The number of carbonyl (C=O) groups is 3. The first-order valence-corrected chi connectivity index (χ1v) is 9.72. The Morgan fingerprint density at radius 1 is 1.00 bits per heavy atom. The van der Waals surface area contributed by atoms with Gasteiger partial charge >= 0.3 is 11.9 Å². The predicted molar refractivity (Wildman–Crippen MR) is 113 cm³/mol. The molecule has 0 unspecified atom stereocenters. The fourth-order valence-corrected chi connectivity index (χ4v) is 3.02. The van der Waals surface area contributed by atoms with E-state index in [0.717, 1.165) is 5.39 Å². The van der Waals surface area contributed by atoms with E-state index in [2.05, 4.69) is 0 Å². The maximum Gasteiger partial charge on any atom is 0.326 e. The van der Waals surface area contributed by atoms with Gasteiger partial charge in [-0.3, -0.25) is 19.3 Å². The van der Waals surface area contributed by atoms with E-state index in [4.69, 9.17) is 18.6 Å². The van der Waals surface area contributed by atoms with Crippen LogP contribution in [0.5, 0.6) is 5.75 Å². The van der Waals surface area contributed by atoms with Crippen molar-refractivity contribution in [1.82, 2.24) is 0 Å². The lowest BCUT2D eigenvalue weighted by Crippen LogP contribution is -2.39. The number of nitrogens with zero attached hydrogens (tertiary/aromatic N) is 1. The molecule has 0 saturated carbocycles.